The molecule has 0 bridgehead atoms. The average Bonchev–Trinajstić information content (AvgIpc) is 2.72. The Balaban J connectivity index is 1.79. The van der Waals surface area contributed by atoms with E-state index in [2.05, 4.69) is 6.07 Å². The molecule has 0 spiro atoms. The second-order valence-electron chi connectivity index (χ2n) is 5.51. The normalized spacial score (nSPS) is 26.4. The van der Waals surface area contributed by atoms with Gasteiger partial charge < -0.3 is 15.4 Å². The van der Waals surface area contributed by atoms with Gasteiger partial charge in [0.05, 0.1) is 0 Å². The van der Waals surface area contributed by atoms with Crippen LogP contribution in [0.25, 0.3) is 0 Å². The zero-order chi connectivity index (χ0) is 13.4. The highest BCUT2D eigenvalue weighted by atomic mass is 16.5. The number of carbonyl (C=O) groups excluding carboxylic acids is 1. The first-order valence-electron chi connectivity index (χ1n) is 6.95. The number of carbonyl (C=O) groups is 1. The number of fused-ring (bicyclic) bond motifs is 1. The topological polar surface area (TPSA) is 55.6 Å². The number of nitrogens with two attached hydrogens (primary N) is 1. The van der Waals surface area contributed by atoms with Crippen LogP contribution in [0.5, 0.6) is 5.75 Å². The van der Waals surface area contributed by atoms with Crippen LogP contribution in [0.4, 0.5) is 0 Å². The maximum atomic E-state index is 11.8. The second kappa shape index (κ2) is 4.85. The van der Waals surface area contributed by atoms with Crippen molar-refractivity contribution in [3.63, 3.8) is 0 Å². The van der Waals surface area contributed by atoms with Crippen LogP contribution < -0.4 is 10.5 Å². The van der Waals surface area contributed by atoms with Gasteiger partial charge in [-0.25, -0.2) is 0 Å². The highest BCUT2D eigenvalue weighted by Gasteiger charge is 2.31. The maximum absolute atomic E-state index is 11.8. The molecule has 19 heavy (non-hydrogen) atoms. The molecule has 0 radical (unpaired) electrons. The van der Waals surface area contributed by atoms with Crippen molar-refractivity contribution in [1.82, 2.24) is 4.90 Å². The third-order valence-electron chi connectivity index (χ3n) is 4.13. The van der Waals surface area contributed by atoms with Crippen molar-refractivity contribution < 1.29 is 9.53 Å². The number of nitrogens with zero attached hydrogens (tertiary/aromatic N) is 1. The third kappa shape index (κ3) is 2.32. The number of amides is 1. The van der Waals surface area contributed by atoms with Crippen molar-refractivity contribution in [2.75, 3.05) is 13.6 Å². The summed E-state index contributed by atoms with van der Waals surface area (Å²) in [6, 6.07) is 6.18. The van der Waals surface area contributed by atoms with Gasteiger partial charge in [-0.15, -0.1) is 0 Å². The maximum Gasteiger partial charge on any atom is 0.263 e. The first-order valence-corrected chi connectivity index (χ1v) is 6.95. The molecule has 1 aromatic carbocycles. The summed E-state index contributed by atoms with van der Waals surface area (Å²) in [5, 5.41) is 0. The van der Waals surface area contributed by atoms with Gasteiger partial charge in [-0.2, -0.15) is 0 Å². The minimum absolute atomic E-state index is 0.0713. The molecule has 1 aliphatic carbocycles. The molecular formula is C15H20N2O2. The molecule has 4 nitrogen and oxygen atoms in total. The smallest absolute Gasteiger partial charge is 0.263 e. The highest BCUT2D eigenvalue weighted by molar-refractivity contribution is 5.83. The summed E-state index contributed by atoms with van der Waals surface area (Å²) in [6.45, 7) is 0.772. The number of likely N-dealkylation sites (tertiary alicyclic amines) is 1. The molecule has 1 saturated heterocycles. The molecule has 1 fully saturated rings. The summed E-state index contributed by atoms with van der Waals surface area (Å²) < 4.78 is 5.83. The van der Waals surface area contributed by atoms with Crippen LogP contribution in [-0.4, -0.2) is 30.5 Å². The first kappa shape index (κ1) is 12.5. The third-order valence-corrected chi connectivity index (χ3v) is 4.13. The van der Waals surface area contributed by atoms with Crippen LogP contribution in [0.3, 0.4) is 0 Å². The van der Waals surface area contributed by atoms with E-state index >= 15 is 0 Å². The summed E-state index contributed by atoms with van der Waals surface area (Å²) in [5.74, 6) is 0.840. The van der Waals surface area contributed by atoms with Gasteiger partial charge in [0.15, 0.2) is 6.10 Å². The van der Waals surface area contributed by atoms with Gasteiger partial charge in [-0.3, -0.25) is 4.79 Å². The molecule has 2 atom stereocenters. The number of likely N-dealkylation sites (N-methyl/N-ethyl adjacent to an activating group) is 1. The Labute approximate surface area is 113 Å². The lowest BCUT2D eigenvalue weighted by atomic mass is 9.88. The Kier molecular flexibility index (Phi) is 3.19. The molecule has 3 rings (SSSR count). The van der Waals surface area contributed by atoms with Crippen LogP contribution in [0.15, 0.2) is 18.2 Å². The standard InChI is InChI=1S/C15H20N2O2/c1-17-8-7-14(15(17)18)19-11-6-5-10-3-2-4-13(16)12(10)9-11/h5-6,9,13-14H,2-4,7-8,16H2,1H3/t13-,14?/m0/s1. The predicted molar refractivity (Wildman–Crippen MR) is 73.0 cm³/mol. The number of hydrogen-bond donors (Lipinski definition) is 1. The Morgan fingerprint density at radius 1 is 1.37 bits per heavy atom. The second-order valence-corrected chi connectivity index (χ2v) is 5.51. The van der Waals surface area contributed by atoms with E-state index in [4.69, 9.17) is 10.5 Å². The van der Waals surface area contributed by atoms with Crippen LogP contribution >= 0.6 is 0 Å². The molecule has 0 aromatic heterocycles. The van der Waals surface area contributed by atoms with Crippen LogP contribution in [-0.2, 0) is 11.2 Å². The molecule has 0 saturated carbocycles. The zero-order valence-corrected chi connectivity index (χ0v) is 11.3. The van der Waals surface area contributed by atoms with E-state index in [1.54, 1.807) is 4.90 Å². The first-order chi connectivity index (χ1) is 9.15. The number of rotatable bonds is 2. The Morgan fingerprint density at radius 3 is 2.95 bits per heavy atom. The van der Waals surface area contributed by atoms with Crippen LogP contribution in [0.2, 0.25) is 0 Å². The van der Waals surface area contributed by atoms with E-state index in [-0.39, 0.29) is 18.1 Å². The fourth-order valence-corrected chi connectivity index (χ4v) is 2.95. The van der Waals surface area contributed by atoms with Gasteiger partial charge in [0.25, 0.3) is 5.91 Å². The average molecular weight is 260 g/mol. The van der Waals surface area contributed by atoms with E-state index < -0.39 is 0 Å². The van der Waals surface area contributed by atoms with E-state index in [1.807, 2.05) is 19.2 Å². The lowest BCUT2D eigenvalue weighted by Gasteiger charge is -2.23. The van der Waals surface area contributed by atoms with E-state index in [9.17, 15) is 4.79 Å². The van der Waals surface area contributed by atoms with Crippen molar-refractivity contribution in [2.45, 2.75) is 37.8 Å². The Morgan fingerprint density at radius 2 is 2.21 bits per heavy atom. The summed E-state index contributed by atoms with van der Waals surface area (Å²) in [6.07, 6.45) is 3.71. The molecule has 1 aliphatic heterocycles. The lowest BCUT2D eigenvalue weighted by Crippen LogP contribution is -2.29. The molecule has 102 valence electrons. The minimum atomic E-state index is -0.331. The molecular weight excluding hydrogens is 240 g/mol. The van der Waals surface area contributed by atoms with E-state index in [1.165, 1.54) is 11.1 Å². The fraction of sp³-hybridized carbons (Fsp3) is 0.533. The van der Waals surface area contributed by atoms with Gasteiger partial charge in [-0.05, 0) is 42.5 Å². The SMILES string of the molecule is CN1CCC(Oc2ccc3c(c2)[C@@H](N)CCC3)C1=O. The van der Waals surface area contributed by atoms with Crippen LogP contribution in [0, 0.1) is 0 Å². The van der Waals surface area contributed by atoms with Gasteiger partial charge >= 0.3 is 0 Å². The van der Waals surface area contributed by atoms with Crippen molar-refractivity contribution in [2.24, 2.45) is 5.73 Å². The highest BCUT2D eigenvalue weighted by Crippen LogP contribution is 2.31. The van der Waals surface area contributed by atoms with Crippen molar-refractivity contribution >= 4 is 5.91 Å². The fourth-order valence-electron chi connectivity index (χ4n) is 2.95. The Bertz CT molecular complexity index is 501. The minimum Gasteiger partial charge on any atom is -0.481 e. The van der Waals surface area contributed by atoms with Crippen LogP contribution in [0.1, 0.15) is 36.4 Å². The van der Waals surface area contributed by atoms with Gasteiger partial charge in [0, 0.05) is 26.1 Å². The van der Waals surface area contributed by atoms with E-state index in [0.717, 1.165) is 38.0 Å². The molecule has 1 heterocycles. The summed E-state index contributed by atoms with van der Waals surface area (Å²) in [7, 11) is 1.81. The van der Waals surface area contributed by atoms with Gasteiger partial charge in [0.2, 0.25) is 0 Å². The van der Waals surface area contributed by atoms with Gasteiger partial charge in [-0.1, -0.05) is 6.07 Å². The lowest BCUT2D eigenvalue weighted by molar-refractivity contribution is -0.132. The number of hydrogen-bond acceptors (Lipinski definition) is 3. The Hall–Kier alpha value is -1.55. The number of benzene rings is 1. The zero-order valence-electron chi connectivity index (χ0n) is 11.3. The summed E-state index contributed by atoms with van der Waals surface area (Å²) in [4.78, 5) is 13.6. The molecule has 2 N–H and O–H groups in total. The summed E-state index contributed by atoms with van der Waals surface area (Å²) >= 11 is 0. The van der Waals surface area contributed by atoms with Crippen molar-refractivity contribution in [3.05, 3.63) is 29.3 Å². The monoisotopic (exact) mass is 260 g/mol. The van der Waals surface area contributed by atoms with Crippen molar-refractivity contribution in [3.8, 4) is 5.75 Å². The number of aryl methyl sites for hydroxylation is 1. The molecule has 1 amide bonds. The molecule has 4 heteroatoms. The van der Waals surface area contributed by atoms with E-state index in [0.29, 0.717) is 0 Å². The summed E-state index contributed by atoms with van der Waals surface area (Å²) in [5.41, 5.74) is 8.65. The quantitative estimate of drug-likeness (QED) is 0.879. The molecule has 2 aliphatic rings. The largest absolute Gasteiger partial charge is 0.481 e. The molecule has 1 unspecified atom stereocenters. The molecule has 1 aromatic rings. The predicted octanol–water partition coefficient (Wildman–Crippen LogP) is 1.63. The number of ether oxygens (including phenoxy) is 1. The van der Waals surface area contributed by atoms with Gasteiger partial charge in [0.1, 0.15) is 5.75 Å². The van der Waals surface area contributed by atoms with Crippen molar-refractivity contribution in [1.29, 1.82) is 0 Å².